The summed E-state index contributed by atoms with van der Waals surface area (Å²) in [7, 11) is -3.74. The maximum absolute atomic E-state index is 13.2. The van der Waals surface area contributed by atoms with E-state index in [9.17, 15) is 12.8 Å². The van der Waals surface area contributed by atoms with Crippen LogP contribution in [0, 0.1) is 17.7 Å². The quantitative estimate of drug-likeness (QED) is 0.839. The SMILES string of the molecule is CC1CCC(CNS(=O)(=O)c2cc(F)ccc2N)CC1. The molecule has 1 aliphatic rings. The van der Waals surface area contributed by atoms with Gasteiger partial charge in [-0.15, -0.1) is 0 Å². The number of anilines is 1. The number of hydrogen-bond acceptors (Lipinski definition) is 3. The fourth-order valence-corrected chi connectivity index (χ4v) is 3.84. The molecule has 1 saturated carbocycles. The van der Waals surface area contributed by atoms with Crippen molar-refractivity contribution in [3.8, 4) is 0 Å². The summed E-state index contributed by atoms with van der Waals surface area (Å²) in [5.41, 5.74) is 5.68. The van der Waals surface area contributed by atoms with Crippen molar-refractivity contribution in [2.75, 3.05) is 12.3 Å². The summed E-state index contributed by atoms with van der Waals surface area (Å²) in [5, 5.41) is 0. The number of nitrogens with one attached hydrogen (secondary N) is 1. The lowest BCUT2D eigenvalue weighted by Crippen LogP contribution is -2.31. The van der Waals surface area contributed by atoms with E-state index in [-0.39, 0.29) is 10.6 Å². The van der Waals surface area contributed by atoms with Crippen LogP contribution in [0.3, 0.4) is 0 Å². The summed E-state index contributed by atoms with van der Waals surface area (Å²) in [6.07, 6.45) is 4.33. The number of rotatable bonds is 4. The van der Waals surface area contributed by atoms with Crippen molar-refractivity contribution in [1.29, 1.82) is 0 Å². The second-order valence-electron chi connectivity index (χ2n) is 5.66. The molecule has 3 N–H and O–H groups in total. The molecule has 0 atom stereocenters. The molecule has 4 nitrogen and oxygen atoms in total. The number of nitrogen functional groups attached to an aromatic ring is 1. The molecule has 1 aliphatic carbocycles. The van der Waals surface area contributed by atoms with Crippen LogP contribution in [0.2, 0.25) is 0 Å². The summed E-state index contributed by atoms with van der Waals surface area (Å²) in [4.78, 5) is -0.179. The van der Waals surface area contributed by atoms with Crippen LogP contribution in [-0.4, -0.2) is 15.0 Å². The molecule has 112 valence electrons. The van der Waals surface area contributed by atoms with E-state index in [0.29, 0.717) is 12.5 Å². The fraction of sp³-hybridized carbons (Fsp3) is 0.571. The molecule has 0 radical (unpaired) electrons. The number of hydrogen-bond donors (Lipinski definition) is 2. The molecule has 0 saturated heterocycles. The molecule has 2 rings (SSSR count). The molecule has 1 fully saturated rings. The highest BCUT2D eigenvalue weighted by Crippen LogP contribution is 2.28. The summed E-state index contributed by atoms with van der Waals surface area (Å²) < 4.78 is 40.0. The fourth-order valence-electron chi connectivity index (χ4n) is 2.58. The third-order valence-electron chi connectivity index (χ3n) is 3.96. The Morgan fingerprint density at radius 3 is 2.60 bits per heavy atom. The van der Waals surface area contributed by atoms with Crippen LogP contribution in [-0.2, 0) is 10.0 Å². The third kappa shape index (κ3) is 3.70. The molecule has 0 heterocycles. The topological polar surface area (TPSA) is 72.2 Å². The van der Waals surface area contributed by atoms with Gasteiger partial charge < -0.3 is 5.73 Å². The minimum Gasteiger partial charge on any atom is -0.398 e. The van der Waals surface area contributed by atoms with Crippen LogP contribution < -0.4 is 10.5 Å². The lowest BCUT2D eigenvalue weighted by molar-refractivity contribution is 0.290. The average molecular weight is 300 g/mol. The predicted octanol–water partition coefficient (Wildman–Crippen LogP) is 2.51. The molecule has 0 spiro atoms. The summed E-state index contributed by atoms with van der Waals surface area (Å²) in [6.45, 7) is 2.61. The first-order valence-corrected chi connectivity index (χ1v) is 8.41. The minimum atomic E-state index is -3.74. The highest BCUT2D eigenvalue weighted by atomic mass is 32.2. The first-order chi connectivity index (χ1) is 9.38. The zero-order valence-corrected chi connectivity index (χ0v) is 12.4. The van der Waals surface area contributed by atoms with Gasteiger partial charge in [0.05, 0.1) is 5.69 Å². The van der Waals surface area contributed by atoms with E-state index in [1.54, 1.807) is 0 Å². The maximum atomic E-state index is 13.2. The predicted molar refractivity (Wildman–Crippen MR) is 77.1 cm³/mol. The van der Waals surface area contributed by atoms with Crippen LogP contribution >= 0.6 is 0 Å². The van der Waals surface area contributed by atoms with Gasteiger partial charge in [0.15, 0.2) is 0 Å². The Bertz CT molecular complexity index is 567. The Labute approximate surface area is 119 Å². The Kier molecular flexibility index (Phi) is 4.65. The van der Waals surface area contributed by atoms with Crippen molar-refractivity contribution < 1.29 is 12.8 Å². The second kappa shape index (κ2) is 6.10. The number of sulfonamides is 1. The first-order valence-electron chi connectivity index (χ1n) is 6.93. The van der Waals surface area contributed by atoms with E-state index < -0.39 is 15.8 Å². The minimum absolute atomic E-state index is 0.0659. The largest absolute Gasteiger partial charge is 0.398 e. The smallest absolute Gasteiger partial charge is 0.242 e. The van der Waals surface area contributed by atoms with Crippen LogP contribution in [0.15, 0.2) is 23.1 Å². The average Bonchev–Trinajstić information content (AvgIpc) is 2.41. The number of benzene rings is 1. The molecule has 6 heteroatoms. The summed E-state index contributed by atoms with van der Waals surface area (Å²) in [6, 6.07) is 3.38. The Morgan fingerprint density at radius 2 is 1.95 bits per heavy atom. The zero-order valence-electron chi connectivity index (χ0n) is 11.6. The van der Waals surface area contributed by atoms with E-state index in [4.69, 9.17) is 5.73 Å². The van der Waals surface area contributed by atoms with Gasteiger partial charge in [-0.3, -0.25) is 0 Å². The molecular formula is C14H21FN2O2S. The third-order valence-corrected chi connectivity index (χ3v) is 5.44. The molecule has 0 aromatic heterocycles. The standard InChI is InChI=1S/C14H21FN2O2S/c1-10-2-4-11(5-3-10)9-17-20(18,19)14-8-12(15)6-7-13(14)16/h6-8,10-11,17H,2-5,9,16H2,1H3. The highest BCUT2D eigenvalue weighted by molar-refractivity contribution is 7.89. The Balaban J connectivity index is 2.02. The van der Waals surface area contributed by atoms with Gasteiger partial charge in [0.2, 0.25) is 10.0 Å². The van der Waals surface area contributed by atoms with Gasteiger partial charge in [-0.1, -0.05) is 19.8 Å². The summed E-state index contributed by atoms with van der Waals surface area (Å²) >= 11 is 0. The molecule has 0 aliphatic heterocycles. The van der Waals surface area contributed by atoms with Crippen molar-refractivity contribution in [2.24, 2.45) is 11.8 Å². The van der Waals surface area contributed by atoms with E-state index >= 15 is 0 Å². The lowest BCUT2D eigenvalue weighted by atomic mass is 9.83. The second-order valence-corrected chi connectivity index (χ2v) is 7.40. The number of nitrogens with two attached hydrogens (primary N) is 1. The normalized spacial score (nSPS) is 23.7. The lowest BCUT2D eigenvalue weighted by Gasteiger charge is -2.26. The molecule has 0 amide bonds. The first kappa shape index (κ1) is 15.3. The van der Waals surface area contributed by atoms with Gasteiger partial charge in [-0.2, -0.15) is 0 Å². The van der Waals surface area contributed by atoms with Crippen LogP contribution in [0.25, 0.3) is 0 Å². The molecule has 1 aromatic carbocycles. The number of halogens is 1. The van der Waals surface area contributed by atoms with Crippen molar-refractivity contribution in [2.45, 2.75) is 37.5 Å². The van der Waals surface area contributed by atoms with E-state index in [2.05, 4.69) is 11.6 Å². The van der Waals surface area contributed by atoms with Crippen molar-refractivity contribution in [1.82, 2.24) is 4.72 Å². The molecule has 1 aromatic rings. The molecule has 20 heavy (non-hydrogen) atoms. The van der Waals surface area contributed by atoms with Gasteiger partial charge in [-0.25, -0.2) is 17.5 Å². The Hall–Kier alpha value is -1.14. The van der Waals surface area contributed by atoms with Gasteiger partial charge in [0.1, 0.15) is 10.7 Å². The van der Waals surface area contributed by atoms with Gasteiger partial charge in [0, 0.05) is 6.54 Å². The molecule has 0 bridgehead atoms. The van der Waals surface area contributed by atoms with Crippen molar-refractivity contribution in [3.05, 3.63) is 24.0 Å². The monoisotopic (exact) mass is 300 g/mol. The Morgan fingerprint density at radius 1 is 1.30 bits per heavy atom. The summed E-state index contributed by atoms with van der Waals surface area (Å²) in [5.74, 6) is 0.476. The maximum Gasteiger partial charge on any atom is 0.242 e. The van der Waals surface area contributed by atoms with Crippen LogP contribution in [0.5, 0.6) is 0 Å². The molecule has 0 unspecified atom stereocenters. The van der Waals surface area contributed by atoms with Crippen LogP contribution in [0.4, 0.5) is 10.1 Å². The van der Waals surface area contributed by atoms with E-state index in [1.807, 2.05) is 0 Å². The van der Waals surface area contributed by atoms with Gasteiger partial charge >= 0.3 is 0 Å². The van der Waals surface area contributed by atoms with E-state index in [0.717, 1.165) is 43.7 Å². The zero-order chi connectivity index (χ0) is 14.8. The van der Waals surface area contributed by atoms with Gasteiger partial charge in [0.25, 0.3) is 0 Å². The van der Waals surface area contributed by atoms with Crippen molar-refractivity contribution >= 4 is 15.7 Å². The van der Waals surface area contributed by atoms with Crippen molar-refractivity contribution in [3.63, 3.8) is 0 Å². The highest BCUT2D eigenvalue weighted by Gasteiger charge is 2.22. The molecular weight excluding hydrogens is 279 g/mol. The van der Waals surface area contributed by atoms with Crippen LogP contribution in [0.1, 0.15) is 32.6 Å². The van der Waals surface area contributed by atoms with Gasteiger partial charge in [-0.05, 0) is 42.9 Å². The van der Waals surface area contributed by atoms with E-state index in [1.165, 1.54) is 6.07 Å².